The molecule has 0 spiro atoms. The van der Waals surface area contributed by atoms with Gasteiger partial charge in [0.2, 0.25) is 23.0 Å². The van der Waals surface area contributed by atoms with Crippen LogP contribution in [0.3, 0.4) is 0 Å². The molecule has 0 unspecified atom stereocenters. The molecule has 2 bridgehead atoms. The molecule has 42 heavy (non-hydrogen) atoms. The van der Waals surface area contributed by atoms with E-state index in [1.807, 2.05) is 12.1 Å². The van der Waals surface area contributed by atoms with Crippen molar-refractivity contribution in [3.63, 3.8) is 0 Å². The molecule has 0 aliphatic heterocycles. The van der Waals surface area contributed by atoms with Crippen LogP contribution in [0.15, 0.2) is 41.2 Å². The van der Waals surface area contributed by atoms with Gasteiger partial charge in [0.1, 0.15) is 0 Å². The third-order valence-corrected chi connectivity index (χ3v) is 8.79. The molecule has 3 aliphatic rings. The quantitative estimate of drug-likeness (QED) is 0.269. The van der Waals surface area contributed by atoms with Crippen LogP contribution in [0.25, 0.3) is 11.1 Å². The maximum Gasteiger partial charge on any atom is 0.220 e. The minimum Gasteiger partial charge on any atom is -0.493 e. The summed E-state index contributed by atoms with van der Waals surface area (Å²) in [5, 5.41) is 9.35. The number of carbonyl (C=O) groups excluding carboxylic acids is 2. The maximum atomic E-state index is 13.4. The summed E-state index contributed by atoms with van der Waals surface area (Å²) >= 11 is 0. The van der Waals surface area contributed by atoms with Gasteiger partial charge in [0.05, 0.1) is 33.1 Å². The van der Waals surface area contributed by atoms with E-state index in [4.69, 9.17) is 14.2 Å². The first-order valence-corrected chi connectivity index (χ1v) is 14.8. The Balaban J connectivity index is 1.35. The zero-order valence-electron chi connectivity index (χ0n) is 24.9. The molecule has 9 heteroatoms. The van der Waals surface area contributed by atoms with E-state index in [1.165, 1.54) is 19.8 Å². The molecule has 0 saturated heterocycles. The number of allylic oxidation sites excluding steroid dienone is 2. The van der Waals surface area contributed by atoms with Gasteiger partial charge in [-0.15, -0.1) is 0 Å². The van der Waals surface area contributed by atoms with Crippen molar-refractivity contribution in [2.75, 3.05) is 39.7 Å². The molecular weight excluding hydrogens is 534 g/mol. The number of hydrogen-bond donors (Lipinski definition) is 3. The smallest absolute Gasteiger partial charge is 0.220 e. The number of rotatable bonds is 11. The van der Waals surface area contributed by atoms with Gasteiger partial charge in [-0.1, -0.05) is 18.2 Å². The van der Waals surface area contributed by atoms with E-state index < -0.39 is 0 Å². The van der Waals surface area contributed by atoms with Crippen molar-refractivity contribution in [3.8, 4) is 28.4 Å². The second kappa shape index (κ2) is 12.9. The van der Waals surface area contributed by atoms with Crippen molar-refractivity contribution in [3.05, 3.63) is 57.8 Å². The molecular formula is C33H41N3O6. The molecule has 5 rings (SSSR count). The molecule has 0 radical (unpaired) electrons. The summed E-state index contributed by atoms with van der Waals surface area (Å²) in [6.07, 6.45) is 9.23. The third kappa shape index (κ3) is 6.10. The van der Waals surface area contributed by atoms with Crippen LogP contribution in [0.4, 0.5) is 5.69 Å². The van der Waals surface area contributed by atoms with Crippen molar-refractivity contribution in [2.24, 2.45) is 17.8 Å². The highest BCUT2D eigenvalue weighted by Crippen LogP contribution is 2.50. The lowest BCUT2D eigenvalue weighted by molar-refractivity contribution is -0.121. The standard InChI is InChI=1S/C33H41N3O6/c1-19(37)36-26-11-9-22-16-29(40-2)32(41-3)33(42-4)31(22)24-10-12-27(28(38)17-25(24)26)34-13-5-6-30(39)35-18-23-15-20-7-8-21(23)14-20/h7-8,10,12,16-17,20-21,23,26H,5-6,9,11,13-15,18H2,1-4H3,(H,34,38)(H,35,39)(H,36,37)/t20-,21+,23-,26-/m0/s1. The van der Waals surface area contributed by atoms with E-state index >= 15 is 0 Å². The highest BCUT2D eigenvalue weighted by atomic mass is 16.5. The summed E-state index contributed by atoms with van der Waals surface area (Å²) < 4.78 is 17.1. The Morgan fingerprint density at radius 1 is 1.00 bits per heavy atom. The minimum atomic E-state index is -0.367. The molecule has 3 N–H and O–H groups in total. The fraction of sp³-hybridized carbons (Fsp3) is 0.485. The molecule has 2 amide bonds. The minimum absolute atomic E-state index is 0.0439. The monoisotopic (exact) mass is 575 g/mol. The Morgan fingerprint density at radius 3 is 2.48 bits per heavy atom. The number of hydrogen-bond acceptors (Lipinski definition) is 7. The first-order valence-electron chi connectivity index (χ1n) is 14.8. The molecule has 1 saturated carbocycles. The molecule has 0 heterocycles. The van der Waals surface area contributed by atoms with Crippen molar-refractivity contribution < 1.29 is 23.8 Å². The number of aryl methyl sites for hydroxylation is 1. The summed E-state index contributed by atoms with van der Waals surface area (Å²) in [5.74, 6) is 3.25. The van der Waals surface area contributed by atoms with Crippen LogP contribution in [-0.2, 0) is 16.0 Å². The van der Waals surface area contributed by atoms with Gasteiger partial charge in [-0.05, 0) is 84.7 Å². The zero-order chi connectivity index (χ0) is 29.8. The fourth-order valence-electron chi connectivity index (χ4n) is 6.79. The normalized spacial score (nSPS) is 21.5. The zero-order valence-corrected chi connectivity index (χ0v) is 24.9. The molecule has 2 aromatic carbocycles. The highest BCUT2D eigenvalue weighted by molar-refractivity contribution is 5.83. The van der Waals surface area contributed by atoms with Gasteiger partial charge in [0.25, 0.3) is 0 Å². The number of carbonyl (C=O) groups is 2. The van der Waals surface area contributed by atoms with Crippen LogP contribution in [0.1, 0.15) is 56.2 Å². The van der Waals surface area contributed by atoms with Gasteiger partial charge in [-0.25, -0.2) is 0 Å². The van der Waals surface area contributed by atoms with Crippen LogP contribution >= 0.6 is 0 Å². The predicted octanol–water partition coefficient (Wildman–Crippen LogP) is 4.38. The van der Waals surface area contributed by atoms with E-state index in [-0.39, 0.29) is 23.3 Å². The average molecular weight is 576 g/mol. The van der Waals surface area contributed by atoms with Crippen LogP contribution in [0, 0.1) is 17.8 Å². The number of anilines is 1. The van der Waals surface area contributed by atoms with Gasteiger partial charge in [0, 0.05) is 32.0 Å². The van der Waals surface area contributed by atoms with E-state index in [1.54, 1.807) is 33.5 Å². The van der Waals surface area contributed by atoms with E-state index in [9.17, 15) is 14.4 Å². The summed E-state index contributed by atoms with van der Waals surface area (Å²) in [6.45, 7) is 2.69. The third-order valence-electron chi connectivity index (χ3n) is 8.79. The van der Waals surface area contributed by atoms with Gasteiger partial charge >= 0.3 is 0 Å². The van der Waals surface area contributed by atoms with Crippen molar-refractivity contribution in [2.45, 2.75) is 51.5 Å². The Labute approximate surface area is 247 Å². The van der Waals surface area contributed by atoms with Crippen LogP contribution in [0.5, 0.6) is 17.2 Å². The number of methoxy groups -OCH3 is 3. The van der Waals surface area contributed by atoms with Crippen LogP contribution < -0.4 is 35.6 Å². The first-order chi connectivity index (χ1) is 20.3. The summed E-state index contributed by atoms with van der Waals surface area (Å²) in [5.41, 5.74) is 3.51. The SMILES string of the molecule is COc1cc2c(c(OC)c1OC)-c1ccc(NCCCC(=O)NC[C@@H]3C[C@H]4C=C[C@@H]3C4)c(=O)cc1[C@@H](NC(C)=O)CC2. The van der Waals surface area contributed by atoms with Crippen molar-refractivity contribution >= 4 is 17.5 Å². The van der Waals surface area contributed by atoms with Gasteiger partial charge in [-0.2, -0.15) is 0 Å². The topological polar surface area (TPSA) is 115 Å². The van der Waals surface area contributed by atoms with Gasteiger partial charge < -0.3 is 30.2 Å². The fourth-order valence-corrected chi connectivity index (χ4v) is 6.79. The summed E-state index contributed by atoms with van der Waals surface area (Å²) in [7, 11) is 4.72. The van der Waals surface area contributed by atoms with Gasteiger partial charge in [-0.3, -0.25) is 14.4 Å². The first kappa shape index (κ1) is 29.5. The number of benzene rings is 1. The lowest BCUT2D eigenvalue weighted by Crippen LogP contribution is -2.31. The molecule has 3 aliphatic carbocycles. The Morgan fingerprint density at radius 2 is 1.81 bits per heavy atom. The number of nitrogens with one attached hydrogen (secondary N) is 3. The molecule has 4 atom stereocenters. The Hall–Kier alpha value is -4.01. The molecule has 1 fully saturated rings. The lowest BCUT2D eigenvalue weighted by Gasteiger charge is -2.19. The molecule has 2 aromatic rings. The number of ether oxygens (including phenoxy) is 3. The van der Waals surface area contributed by atoms with Crippen LogP contribution in [0.2, 0.25) is 0 Å². The Kier molecular flexibility index (Phi) is 9.04. The van der Waals surface area contributed by atoms with Crippen molar-refractivity contribution in [1.82, 2.24) is 10.6 Å². The average Bonchev–Trinajstić information content (AvgIpc) is 3.53. The van der Waals surface area contributed by atoms with Crippen LogP contribution in [-0.4, -0.2) is 46.2 Å². The van der Waals surface area contributed by atoms with E-state index in [2.05, 4.69) is 28.1 Å². The lowest BCUT2D eigenvalue weighted by atomic mass is 9.93. The second-order valence-electron chi connectivity index (χ2n) is 11.5. The predicted molar refractivity (Wildman–Crippen MR) is 162 cm³/mol. The summed E-state index contributed by atoms with van der Waals surface area (Å²) in [6, 6.07) is 6.82. The largest absolute Gasteiger partial charge is 0.493 e. The van der Waals surface area contributed by atoms with E-state index in [0.29, 0.717) is 78.5 Å². The van der Waals surface area contributed by atoms with E-state index in [0.717, 1.165) is 23.2 Å². The van der Waals surface area contributed by atoms with Gasteiger partial charge in [0.15, 0.2) is 11.5 Å². The number of fused-ring (bicyclic) bond motifs is 5. The molecule has 0 aromatic heterocycles. The molecule has 9 nitrogen and oxygen atoms in total. The summed E-state index contributed by atoms with van der Waals surface area (Å²) in [4.78, 5) is 38.0. The second-order valence-corrected chi connectivity index (χ2v) is 11.5. The highest BCUT2D eigenvalue weighted by Gasteiger charge is 2.35. The Bertz CT molecular complexity index is 1440. The maximum absolute atomic E-state index is 13.4. The van der Waals surface area contributed by atoms with Crippen molar-refractivity contribution in [1.29, 1.82) is 0 Å². The number of amides is 2. The molecule has 224 valence electrons.